The first kappa shape index (κ1) is 43.8. The summed E-state index contributed by atoms with van der Waals surface area (Å²) in [7, 11) is 2.94. The lowest BCUT2D eigenvalue weighted by Crippen LogP contribution is -2.51. The summed E-state index contributed by atoms with van der Waals surface area (Å²) in [5, 5.41) is 12.7. The van der Waals surface area contributed by atoms with Gasteiger partial charge in [-0.3, -0.25) is 19.2 Å². The molecular formula is C44H40F4N6O6. The normalized spacial score (nSPS) is 11.7. The molecule has 0 aliphatic carbocycles. The van der Waals surface area contributed by atoms with Crippen molar-refractivity contribution in [3.8, 4) is 11.5 Å². The molecule has 16 heteroatoms. The Morgan fingerprint density at radius 2 is 0.933 bits per heavy atom. The Morgan fingerprint density at radius 1 is 0.600 bits per heavy atom. The molecule has 0 saturated heterocycles. The van der Waals surface area contributed by atoms with Crippen LogP contribution < -0.4 is 29.9 Å². The standard InChI is InChI=1S/C44H40F4N6O6/c1-5-15-53(33-7-11-35(59-3)12-8-33)43(57)39(21-27-17-29(45)23-30(46)18-27)51-41(55)37-25-49-50-26-38(37)42(56)52-40(22-28-19-31(47)24-32(48)20-28)44(58)54(16-6-2)34-9-13-36(60-4)14-10-34/h5-14,17-20,23-26,39-40H,1-2,15-16,21-22H2,3-4H3,(H,51,55)(H,52,56)/t39-,40-/m0/s1. The number of carbonyl (C=O) groups excluding carboxylic acids is 4. The third kappa shape index (κ3) is 11.2. The number of rotatable bonds is 18. The first-order valence-electron chi connectivity index (χ1n) is 18.3. The van der Waals surface area contributed by atoms with Crippen molar-refractivity contribution in [2.75, 3.05) is 37.1 Å². The lowest BCUT2D eigenvalue weighted by Gasteiger charge is -2.28. The maximum Gasteiger partial charge on any atom is 0.254 e. The van der Waals surface area contributed by atoms with Crippen LogP contribution in [0.3, 0.4) is 0 Å². The van der Waals surface area contributed by atoms with E-state index in [0.29, 0.717) is 35.0 Å². The van der Waals surface area contributed by atoms with E-state index in [9.17, 15) is 36.7 Å². The number of amides is 4. The molecular weight excluding hydrogens is 785 g/mol. The number of carbonyl (C=O) groups is 4. The van der Waals surface area contributed by atoms with E-state index in [1.165, 1.54) is 36.2 Å². The van der Waals surface area contributed by atoms with Crippen molar-refractivity contribution in [1.82, 2.24) is 20.8 Å². The maximum atomic E-state index is 14.3. The Kier molecular flexibility index (Phi) is 14.9. The van der Waals surface area contributed by atoms with Crippen LogP contribution in [-0.2, 0) is 22.4 Å². The quantitative estimate of drug-likeness (QED) is 0.0790. The molecule has 5 aromatic rings. The van der Waals surface area contributed by atoms with Crippen LogP contribution in [0.4, 0.5) is 28.9 Å². The molecule has 4 amide bonds. The van der Waals surface area contributed by atoms with E-state index in [4.69, 9.17) is 9.47 Å². The third-order valence-corrected chi connectivity index (χ3v) is 9.07. The minimum atomic E-state index is -1.49. The Labute approximate surface area is 343 Å². The van der Waals surface area contributed by atoms with Gasteiger partial charge in [-0.25, -0.2) is 17.6 Å². The molecule has 0 aliphatic rings. The van der Waals surface area contributed by atoms with Crippen LogP contribution in [0.25, 0.3) is 0 Å². The first-order valence-corrected chi connectivity index (χ1v) is 18.3. The first-order chi connectivity index (χ1) is 28.8. The summed E-state index contributed by atoms with van der Waals surface area (Å²) >= 11 is 0. The molecule has 12 nitrogen and oxygen atoms in total. The second-order valence-corrected chi connectivity index (χ2v) is 13.2. The fourth-order valence-corrected chi connectivity index (χ4v) is 6.29. The summed E-state index contributed by atoms with van der Waals surface area (Å²) in [4.78, 5) is 59.4. The molecule has 1 aromatic heterocycles. The molecule has 5 rings (SSSR count). The van der Waals surface area contributed by atoms with Crippen LogP contribution in [-0.4, -0.2) is 73.2 Å². The van der Waals surface area contributed by atoms with Gasteiger partial charge in [0.1, 0.15) is 46.9 Å². The van der Waals surface area contributed by atoms with Gasteiger partial charge < -0.3 is 29.9 Å². The lowest BCUT2D eigenvalue weighted by molar-refractivity contribution is -0.121. The van der Waals surface area contributed by atoms with E-state index in [1.807, 2.05) is 0 Å². The molecule has 0 spiro atoms. The number of halogens is 4. The molecule has 0 radical (unpaired) electrons. The highest BCUT2D eigenvalue weighted by atomic mass is 19.1. The van der Waals surface area contributed by atoms with E-state index >= 15 is 0 Å². The van der Waals surface area contributed by atoms with Gasteiger partial charge in [0.25, 0.3) is 11.8 Å². The van der Waals surface area contributed by atoms with Gasteiger partial charge in [-0.05, 0) is 83.9 Å². The van der Waals surface area contributed by atoms with Gasteiger partial charge in [-0.15, -0.1) is 13.2 Å². The van der Waals surface area contributed by atoms with Gasteiger partial charge in [-0.1, -0.05) is 12.2 Å². The second-order valence-electron chi connectivity index (χ2n) is 13.2. The van der Waals surface area contributed by atoms with E-state index < -0.39 is 82.9 Å². The highest BCUT2D eigenvalue weighted by Gasteiger charge is 2.32. The number of nitrogens with one attached hydrogen (secondary N) is 2. The summed E-state index contributed by atoms with van der Waals surface area (Å²) in [5.74, 6) is -6.10. The molecule has 2 atom stereocenters. The fraction of sp³-hybridized carbons (Fsp3) is 0.182. The van der Waals surface area contributed by atoms with Crippen molar-refractivity contribution in [2.24, 2.45) is 0 Å². The summed E-state index contributed by atoms with van der Waals surface area (Å²) in [6.45, 7) is 7.37. The van der Waals surface area contributed by atoms with E-state index in [-0.39, 0.29) is 24.2 Å². The van der Waals surface area contributed by atoms with Crippen LogP contribution in [0.15, 0.2) is 123 Å². The van der Waals surface area contributed by atoms with Crippen molar-refractivity contribution in [3.05, 3.63) is 168 Å². The molecule has 0 fully saturated rings. The summed E-state index contributed by atoms with van der Waals surface area (Å²) in [5.41, 5.74) is 0.0239. The van der Waals surface area contributed by atoms with Crippen molar-refractivity contribution < 1.29 is 46.2 Å². The predicted molar refractivity (Wildman–Crippen MR) is 216 cm³/mol. The maximum absolute atomic E-state index is 14.3. The highest BCUT2D eigenvalue weighted by Crippen LogP contribution is 2.24. The molecule has 2 N–H and O–H groups in total. The van der Waals surface area contributed by atoms with Gasteiger partial charge in [-0.2, -0.15) is 10.2 Å². The van der Waals surface area contributed by atoms with Gasteiger partial charge >= 0.3 is 0 Å². The smallest absolute Gasteiger partial charge is 0.254 e. The minimum absolute atomic E-state index is 0.0290. The zero-order valence-electron chi connectivity index (χ0n) is 32.5. The predicted octanol–water partition coefficient (Wildman–Crippen LogP) is 6.17. The van der Waals surface area contributed by atoms with Crippen molar-refractivity contribution >= 4 is 35.0 Å². The summed E-state index contributed by atoms with van der Waals surface area (Å²) < 4.78 is 67.8. The van der Waals surface area contributed by atoms with Crippen LogP contribution in [0.2, 0.25) is 0 Å². The topological polar surface area (TPSA) is 143 Å². The highest BCUT2D eigenvalue weighted by molar-refractivity contribution is 6.10. The van der Waals surface area contributed by atoms with Crippen LogP contribution >= 0.6 is 0 Å². The SMILES string of the molecule is C=CCN(C(=O)[C@H](Cc1cc(F)cc(F)c1)NC(=O)c1cnncc1C(=O)N[C@@H](Cc1cc(F)cc(F)c1)C(=O)N(CC=C)c1ccc(OC)cc1)c1ccc(OC)cc1. The molecule has 4 aromatic carbocycles. The Bertz CT molecular complexity index is 2160. The van der Waals surface area contributed by atoms with Gasteiger partial charge in [0.15, 0.2) is 0 Å². The monoisotopic (exact) mass is 824 g/mol. The number of aromatic nitrogens is 2. The number of ether oxygens (including phenoxy) is 2. The molecule has 310 valence electrons. The number of anilines is 2. The molecule has 0 unspecified atom stereocenters. The Morgan fingerprint density at radius 3 is 1.23 bits per heavy atom. The van der Waals surface area contributed by atoms with Crippen molar-refractivity contribution in [3.63, 3.8) is 0 Å². The largest absolute Gasteiger partial charge is 0.497 e. The zero-order chi connectivity index (χ0) is 43.3. The van der Waals surface area contributed by atoms with Crippen molar-refractivity contribution in [1.29, 1.82) is 0 Å². The summed E-state index contributed by atoms with van der Waals surface area (Å²) in [6.07, 6.45) is 4.01. The van der Waals surface area contributed by atoms with Gasteiger partial charge in [0.2, 0.25) is 11.8 Å². The van der Waals surface area contributed by atoms with Gasteiger partial charge in [0, 0.05) is 49.4 Å². The number of benzene rings is 4. The van der Waals surface area contributed by atoms with E-state index in [2.05, 4.69) is 34.0 Å². The zero-order valence-corrected chi connectivity index (χ0v) is 32.5. The third-order valence-electron chi connectivity index (χ3n) is 9.07. The molecule has 1 heterocycles. The van der Waals surface area contributed by atoms with Crippen LogP contribution in [0, 0.1) is 23.3 Å². The average molecular weight is 825 g/mol. The average Bonchev–Trinajstić information content (AvgIpc) is 3.23. The lowest BCUT2D eigenvalue weighted by atomic mass is 10.0. The summed E-state index contributed by atoms with van der Waals surface area (Å²) in [6, 6.07) is 15.2. The molecule has 0 saturated carbocycles. The molecule has 60 heavy (non-hydrogen) atoms. The second kappa shape index (κ2) is 20.4. The minimum Gasteiger partial charge on any atom is -0.497 e. The Balaban J connectivity index is 1.49. The van der Waals surface area contributed by atoms with Gasteiger partial charge in [0.05, 0.1) is 37.7 Å². The Hall–Kier alpha value is -7.36. The molecule has 0 bridgehead atoms. The van der Waals surface area contributed by atoms with Crippen LogP contribution in [0.1, 0.15) is 31.8 Å². The molecule has 0 aliphatic heterocycles. The van der Waals surface area contributed by atoms with Crippen LogP contribution in [0.5, 0.6) is 11.5 Å². The van der Waals surface area contributed by atoms with Crippen molar-refractivity contribution in [2.45, 2.75) is 24.9 Å². The number of hydrogen-bond donors (Lipinski definition) is 2. The van der Waals surface area contributed by atoms with E-state index in [1.54, 1.807) is 48.5 Å². The number of methoxy groups -OCH3 is 2. The number of nitrogens with zero attached hydrogens (tertiary/aromatic N) is 4. The van der Waals surface area contributed by atoms with E-state index in [0.717, 1.165) is 36.7 Å². The fourth-order valence-electron chi connectivity index (χ4n) is 6.29. The number of hydrogen-bond acceptors (Lipinski definition) is 8.